The zero-order chi connectivity index (χ0) is 15.3. The molecule has 2 aromatic rings. The van der Waals surface area contributed by atoms with E-state index in [4.69, 9.17) is 4.74 Å². The van der Waals surface area contributed by atoms with Gasteiger partial charge in [-0.05, 0) is 47.2 Å². The zero-order valence-electron chi connectivity index (χ0n) is 12.4. The lowest BCUT2D eigenvalue weighted by Crippen LogP contribution is -2.20. The van der Waals surface area contributed by atoms with Crippen molar-refractivity contribution >= 4 is 18.0 Å². The molecule has 0 aliphatic heterocycles. The van der Waals surface area contributed by atoms with Gasteiger partial charge in [0.2, 0.25) is 0 Å². The first-order valence-electron chi connectivity index (χ1n) is 6.75. The molecule has 1 amide bonds. The van der Waals surface area contributed by atoms with Crippen LogP contribution in [0.3, 0.4) is 0 Å². The lowest BCUT2D eigenvalue weighted by Gasteiger charge is -2.19. The van der Waals surface area contributed by atoms with Gasteiger partial charge < -0.3 is 4.74 Å². The van der Waals surface area contributed by atoms with E-state index < -0.39 is 6.09 Å². The van der Waals surface area contributed by atoms with Crippen LogP contribution in [-0.2, 0) is 5.41 Å². The number of ether oxygens (including phenoxy) is 1. The number of carbonyl (C=O) groups excluding carboxylic acids is 1. The lowest BCUT2D eigenvalue weighted by molar-refractivity contribution is 0.207. The zero-order valence-corrected chi connectivity index (χ0v) is 13.2. The van der Waals surface area contributed by atoms with E-state index in [1.54, 1.807) is 12.1 Å². The summed E-state index contributed by atoms with van der Waals surface area (Å²) >= 11 is 1.24. The van der Waals surface area contributed by atoms with Crippen molar-refractivity contribution in [1.82, 2.24) is 4.72 Å². The van der Waals surface area contributed by atoms with Gasteiger partial charge in [-0.15, -0.1) is 0 Å². The molecule has 0 heterocycles. The van der Waals surface area contributed by atoms with Gasteiger partial charge in [-0.3, -0.25) is 4.72 Å². The fourth-order valence-electron chi connectivity index (χ4n) is 1.74. The number of rotatable bonds is 3. The first kappa shape index (κ1) is 15.4. The third-order valence-electron chi connectivity index (χ3n) is 2.93. The molecular weight excluding hydrogens is 282 g/mol. The molecule has 0 unspecified atom stereocenters. The van der Waals surface area contributed by atoms with Crippen molar-refractivity contribution in [2.45, 2.75) is 31.1 Å². The van der Waals surface area contributed by atoms with Crippen molar-refractivity contribution < 1.29 is 9.53 Å². The van der Waals surface area contributed by atoms with Crippen LogP contribution in [0, 0.1) is 0 Å². The summed E-state index contributed by atoms with van der Waals surface area (Å²) in [5.41, 5.74) is 1.39. The third kappa shape index (κ3) is 4.83. The maximum atomic E-state index is 11.7. The summed E-state index contributed by atoms with van der Waals surface area (Å²) in [7, 11) is 0. The molecule has 0 fully saturated rings. The van der Waals surface area contributed by atoms with Crippen LogP contribution >= 0.6 is 11.9 Å². The number of benzene rings is 2. The summed E-state index contributed by atoms with van der Waals surface area (Å²) in [6.07, 6.45) is -0.480. The maximum Gasteiger partial charge on any atom is 0.422 e. The van der Waals surface area contributed by atoms with Crippen LogP contribution in [0.4, 0.5) is 4.79 Å². The van der Waals surface area contributed by atoms with Crippen LogP contribution < -0.4 is 9.46 Å². The summed E-state index contributed by atoms with van der Waals surface area (Å²) in [6, 6.07) is 17.1. The second kappa shape index (κ2) is 6.68. The fourth-order valence-corrected chi connectivity index (χ4v) is 2.25. The molecule has 3 nitrogen and oxygen atoms in total. The molecule has 110 valence electrons. The molecule has 0 spiro atoms. The number of nitrogens with one attached hydrogen (secondary N) is 1. The lowest BCUT2D eigenvalue weighted by atomic mass is 9.87. The van der Waals surface area contributed by atoms with Gasteiger partial charge in [0.15, 0.2) is 0 Å². The first-order chi connectivity index (χ1) is 9.95. The Balaban J connectivity index is 1.87. The Morgan fingerprint density at radius 3 is 2.19 bits per heavy atom. The monoisotopic (exact) mass is 301 g/mol. The molecular formula is C17H19NO2S. The third-order valence-corrected chi connectivity index (χ3v) is 3.70. The number of hydrogen-bond donors (Lipinski definition) is 1. The second-order valence-corrected chi connectivity index (χ2v) is 6.56. The van der Waals surface area contributed by atoms with Gasteiger partial charge >= 0.3 is 6.09 Å². The topological polar surface area (TPSA) is 38.3 Å². The predicted molar refractivity (Wildman–Crippen MR) is 86.6 cm³/mol. The number of hydrogen-bond acceptors (Lipinski definition) is 3. The molecule has 21 heavy (non-hydrogen) atoms. The van der Waals surface area contributed by atoms with E-state index in [1.807, 2.05) is 30.3 Å². The van der Waals surface area contributed by atoms with E-state index in [-0.39, 0.29) is 5.41 Å². The highest BCUT2D eigenvalue weighted by Gasteiger charge is 2.13. The maximum absolute atomic E-state index is 11.7. The average molecular weight is 301 g/mol. The van der Waals surface area contributed by atoms with Gasteiger partial charge in [-0.25, -0.2) is 4.79 Å². The summed E-state index contributed by atoms with van der Waals surface area (Å²) in [5.74, 6) is 0.527. The van der Waals surface area contributed by atoms with E-state index >= 15 is 0 Å². The first-order valence-corrected chi connectivity index (χ1v) is 7.57. The Kier molecular flexibility index (Phi) is 4.91. The Labute approximate surface area is 129 Å². The molecule has 0 radical (unpaired) electrons. The summed E-state index contributed by atoms with van der Waals surface area (Å²) in [6.45, 7) is 6.51. The number of amides is 1. The average Bonchev–Trinajstić information content (AvgIpc) is 2.46. The summed E-state index contributed by atoms with van der Waals surface area (Å²) in [4.78, 5) is 12.6. The second-order valence-electron chi connectivity index (χ2n) is 5.68. The van der Waals surface area contributed by atoms with Crippen molar-refractivity contribution in [3.63, 3.8) is 0 Å². The number of para-hydroxylation sites is 1. The van der Waals surface area contributed by atoms with Crippen LogP contribution in [0.15, 0.2) is 59.5 Å². The van der Waals surface area contributed by atoms with Crippen LogP contribution in [0.1, 0.15) is 26.3 Å². The van der Waals surface area contributed by atoms with Crippen LogP contribution in [0.25, 0.3) is 0 Å². The van der Waals surface area contributed by atoms with E-state index in [1.165, 1.54) is 17.5 Å². The molecule has 0 aromatic heterocycles. The molecule has 0 aliphatic carbocycles. The molecule has 2 rings (SSSR count). The van der Waals surface area contributed by atoms with Gasteiger partial charge in [0.05, 0.1) is 0 Å². The Morgan fingerprint density at radius 1 is 1.00 bits per heavy atom. The van der Waals surface area contributed by atoms with Crippen LogP contribution in [0.5, 0.6) is 5.75 Å². The Hall–Kier alpha value is -1.94. The van der Waals surface area contributed by atoms with Gasteiger partial charge in [0.25, 0.3) is 0 Å². The van der Waals surface area contributed by atoms with Crippen molar-refractivity contribution in [3.8, 4) is 5.75 Å². The predicted octanol–water partition coefficient (Wildman–Crippen LogP) is 4.78. The van der Waals surface area contributed by atoms with Crippen molar-refractivity contribution in [3.05, 3.63) is 60.2 Å². The van der Waals surface area contributed by atoms with Gasteiger partial charge in [-0.1, -0.05) is 51.1 Å². The van der Waals surface area contributed by atoms with Crippen LogP contribution in [-0.4, -0.2) is 6.09 Å². The minimum Gasteiger partial charge on any atom is -0.410 e. The van der Waals surface area contributed by atoms with Gasteiger partial charge in [0.1, 0.15) is 5.75 Å². The Bertz CT molecular complexity index is 588. The quantitative estimate of drug-likeness (QED) is 0.829. The smallest absolute Gasteiger partial charge is 0.410 e. The SMILES string of the molecule is CC(C)(C)c1ccc(SNC(=O)Oc2ccccc2)cc1. The normalized spacial score (nSPS) is 11.0. The van der Waals surface area contributed by atoms with Gasteiger partial charge in [-0.2, -0.15) is 0 Å². The molecule has 0 atom stereocenters. The molecule has 0 saturated carbocycles. The highest BCUT2D eigenvalue weighted by molar-refractivity contribution is 7.98. The van der Waals surface area contributed by atoms with Crippen LogP contribution in [0.2, 0.25) is 0 Å². The highest BCUT2D eigenvalue weighted by Crippen LogP contribution is 2.24. The van der Waals surface area contributed by atoms with Crippen molar-refractivity contribution in [2.24, 2.45) is 0 Å². The molecule has 1 N–H and O–H groups in total. The van der Waals surface area contributed by atoms with E-state index in [0.717, 1.165) is 4.90 Å². The highest BCUT2D eigenvalue weighted by atomic mass is 32.2. The minimum atomic E-state index is -0.480. The molecule has 0 saturated heterocycles. The summed E-state index contributed by atoms with van der Waals surface area (Å²) < 4.78 is 7.80. The summed E-state index contributed by atoms with van der Waals surface area (Å²) in [5, 5.41) is 0. The van der Waals surface area contributed by atoms with Gasteiger partial charge in [0, 0.05) is 4.90 Å². The minimum absolute atomic E-state index is 0.128. The fraction of sp³-hybridized carbons (Fsp3) is 0.235. The van der Waals surface area contributed by atoms with Crippen molar-refractivity contribution in [1.29, 1.82) is 0 Å². The number of carbonyl (C=O) groups is 1. The van der Waals surface area contributed by atoms with E-state index in [2.05, 4.69) is 37.6 Å². The molecule has 2 aromatic carbocycles. The Morgan fingerprint density at radius 2 is 1.62 bits per heavy atom. The van der Waals surface area contributed by atoms with E-state index in [0.29, 0.717) is 5.75 Å². The standard InChI is InChI=1S/C17H19NO2S/c1-17(2,3)13-9-11-15(12-10-13)21-18-16(19)20-14-7-5-4-6-8-14/h4-12H,1-3H3,(H,18,19). The molecule has 0 bridgehead atoms. The van der Waals surface area contributed by atoms with E-state index in [9.17, 15) is 4.79 Å². The largest absolute Gasteiger partial charge is 0.422 e. The molecule has 0 aliphatic rings. The molecule has 4 heteroatoms. The van der Waals surface area contributed by atoms with Crippen molar-refractivity contribution in [2.75, 3.05) is 0 Å².